The molecule has 3 aromatic heterocycles. The third-order valence-corrected chi connectivity index (χ3v) is 6.74. The van der Waals surface area contributed by atoms with Crippen molar-refractivity contribution < 1.29 is 9.53 Å². The molecule has 7 nitrogen and oxygen atoms in total. The largest absolute Gasteiger partial charge is 0.371 e. The summed E-state index contributed by atoms with van der Waals surface area (Å²) in [7, 11) is 0. The summed E-state index contributed by atoms with van der Waals surface area (Å²) in [6, 6.07) is 5.91. The molecule has 2 aliphatic heterocycles. The standard InChI is InChI=1S/C22H27N5O2S/c28-21(26-10-3-4-11-26)20-19(27-12-13-30-22(27)24-20)15-25-9-5-7-18(14-25)29-16-17-6-1-2-8-23-17/h1-2,6,8,12-13,18H,3-5,7,9-11,14-16H2. The Labute approximate surface area is 180 Å². The van der Waals surface area contributed by atoms with Crippen molar-refractivity contribution in [2.45, 2.75) is 44.9 Å². The van der Waals surface area contributed by atoms with E-state index in [0.717, 1.165) is 74.8 Å². The van der Waals surface area contributed by atoms with Gasteiger partial charge >= 0.3 is 0 Å². The van der Waals surface area contributed by atoms with Crippen LogP contribution < -0.4 is 0 Å². The number of likely N-dealkylation sites (tertiary alicyclic amines) is 2. The fourth-order valence-electron chi connectivity index (χ4n) is 4.42. The van der Waals surface area contributed by atoms with E-state index in [9.17, 15) is 4.79 Å². The Morgan fingerprint density at radius 3 is 2.93 bits per heavy atom. The zero-order valence-electron chi connectivity index (χ0n) is 17.1. The number of hydrogen-bond donors (Lipinski definition) is 0. The van der Waals surface area contributed by atoms with E-state index in [2.05, 4.69) is 14.3 Å². The lowest BCUT2D eigenvalue weighted by atomic mass is 10.1. The highest BCUT2D eigenvalue weighted by Crippen LogP contribution is 2.24. The molecule has 1 amide bonds. The van der Waals surface area contributed by atoms with E-state index in [1.165, 1.54) is 0 Å². The van der Waals surface area contributed by atoms with Crippen molar-refractivity contribution in [3.05, 3.63) is 53.1 Å². The minimum atomic E-state index is 0.0818. The van der Waals surface area contributed by atoms with Crippen LogP contribution in [-0.2, 0) is 17.9 Å². The topological polar surface area (TPSA) is 63.0 Å². The molecule has 0 bridgehead atoms. The molecule has 30 heavy (non-hydrogen) atoms. The molecule has 0 aromatic carbocycles. The molecule has 0 radical (unpaired) electrons. The van der Waals surface area contributed by atoms with Gasteiger partial charge in [0, 0.05) is 44.0 Å². The van der Waals surface area contributed by atoms with Crippen LogP contribution in [0.5, 0.6) is 0 Å². The molecule has 2 fully saturated rings. The van der Waals surface area contributed by atoms with E-state index in [1.807, 2.05) is 34.7 Å². The van der Waals surface area contributed by atoms with Gasteiger partial charge in [-0.3, -0.25) is 19.1 Å². The number of carbonyl (C=O) groups is 1. The van der Waals surface area contributed by atoms with Crippen molar-refractivity contribution in [2.24, 2.45) is 0 Å². The number of imidazole rings is 1. The first-order chi connectivity index (χ1) is 14.8. The molecular formula is C22H27N5O2S. The minimum absolute atomic E-state index is 0.0818. The number of ether oxygens (including phenoxy) is 1. The van der Waals surface area contributed by atoms with Crippen molar-refractivity contribution >= 4 is 22.2 Å². The van der Waals surface area contributed by atoms with Crippen molar-refractivity contribution in [1.29, 1.82) is 0 Å². The number of nitrogens with zero attached hydrogens (tertiary/aromatic N) is 5. The molecule has 0 aliphatic carbocycles. The fourth-order valence-corrected chi connectivity index (χ4v) is 5.15. The van der Waals surface area contributed by atoms with Gasteiger partial charge in [0.1, 0.15) is 0 Å². The van der Waals surface area contributed by atoms with E-state index in [-0.39, 0.29) is 12.0 Å². The van der Waals surface area contributed by atoms with Gasteiger partial charge < -0.3 is 9.64 Å². The van der Waals surface area contributed by atoms with Crippen LogP contribution in [0.25, 0.3) is 4.96 Å². The number of amides is 1. The molecule has 5 heterocycles. The molecule has 0 saturated carbocycles. The lowest BCUT2D eigenvalue weighted by Gasteiger charge is -2.32. The zero-order valence-corrected chi connectivity index (χ0v) is 17.9. The number of hydrogen-bond acceptors (Lipinski definition) is 6. The van der Waals surface area contributed by atoms with Crippen molar-refractivity contribution in [2.75, 3.05) is 26.2 Å². The van der Waals surface area contributed by atoms with E-state index in [4.69, 9.17) is 9.72 Å². The van der Waals surface area contributed by atoms with Crippen LogP contribution in [0.2, 0.25) is 0 Å². The number of rotatable bonds is 6. The Morgan fingerprint density at radius 2 is 2.10 bits per heavy atom. The first kappa shape index (κ1) is 19.7. The second kappa shape index (κ2) is 8.83. The van der Waals surface area contributed by atoms with Gasteiger partial charge in [0.2, 0.25) is 0 Å². The van der Waals surface area contributed by atoms with Crippen LogP contribution in [-0.4, -0.2) is 62.4 Å². The summed E-state index contributed by atoms with van der Waals surface area (Å²) < 4.78 is 8.24. The molecule has 5 rings (SSSR count). The average molecular weight is 426 g/mol. The van der Waals surface area contributed by atoms with Gasteiger partial charge in [-0.2, -0.15) is 0 Å². The number of aromatic nitrogens is 3. The maximum atomic E-state index is 13.1. The molecule has 1 atom stereocenters. The molecule has 2 saturated heterocycles. The normalized spacial score (nSPS) is 20.3. The first-order valence-corrected chi connectivity index (χ1v) is 11.6. The summed E-state index contributed by atoms with van der Waals surface area (Å²) in [6.07, 6.45) is 8.34. The summed E-state index contributed by atoms with van der Waals surface area (Å²) in [5.41, 5.74) is 2.60. The molecule has 3 aromatic rings. The van der Waals surface area contributed by atoms with Gasteiger partial charge in [-0.25, -0.2) is 4.98 Å². The van der Waals surface area contributed by atoms with Gasteiger partial charge in [0.25, 0.3) is 5.91 Å². The highest BCUT2D eigenvalue weighted by molar-refractivity contribution is 7.15. The minimum Gasteiger partial charge on any atom is -0.371 e. The highest BCUT2D eigenvalue weighted by atomic mass is 32.1. The van der Waals surface area contributed by atoms with Crippen LogP contribution in [0.15, 0.2) is 36.0 Å². The number of pyridine rings is 1. The predicted octanol–water partition coefficient (Wildman–Crippen LogP) is 3.21. The van der Waals surface area contributed by atoms with Crippen LogP contribution in [0, 0.1) is 0 Å². The summed E-state index contributed by atoms with van der Waals surface area (Å²) in [5, 5.41) is 2.03. The van der Waals surface area contributed by atoms with Crippen LogP contribution in [0.3, 0.4) is 0 Å². The number of fused-ring (bicyclic) bond motifs is 1. The lowest BCUT2D eigenvalue weighted by molar-refractivity contribution is -0.0136. The van der Waals surface area contributed by atoms with E-state index < -0.39 is 0 Å². The SMILES string of the molecule is O=C(c1nc2sccn2c1CN1CCCC(OCc2ccccn2)C1)N1CCCC1. The second-order valence-electron chi connectivity index (χ2n) is 8.09. The zero-order chi connectivity index (χ0) is 20.3. The molecule has 8 heteroatoms. The molecular weight excluding hydrogens is 398 g/mol. The molecule has 0 N–H and O–H groups in total. The Balaban J connectivity index is 1.29. The number of carbonyl (C=O) groups excluding carboxylic acids is 1. The van der Waals surface area contributed by atoms with E-state index in [0.29, 0.717) is 12.3 Å². The number of thiazole rings is 1. The Hall–Kier alpha value is -2.29. The van der Waals surface area contributed by atoms with Crippen LogP contribution in [0.4, 0.5) is 0 Å². The van der Waals surface area contributed by atoms with Crippen LogP contribution >= 0.6 is 11.3 Å². The second-order valence-corrected chi connectivity index (χ2v) is 8.97. The molecule has 158 valence electrons. The highest BCUT2D eigenvalue weighted by Gasteiger charge is 2.29. The van der Waals surface area contributed by atoms with Gasteiger partial charge in [-0.15, -0.1) is 11.3 Å². The molecule has 1 unspecified atom stereocenters. The maximum absolute atomic E-state index is 13.1. The van der Waals surface area contributed by atoms with Gasteiger partial charge in [-0.1, -0.05) is 6.07 Å². The Bertz CT molecular complexity index is 996. The Morgan fingerprint density at radius 1 is 1.20 bits per heavy atom. The van der Waals surface area contributed by atoms with Crippen molar-refractivity contribution in [3.63, 3.8) is 0 Å². The number of piperidine rings is 1. The Kier molecular flexibility index (Phi) is 5.79. The van der Waals surface area contributed by atoms with Gasteiger partial charge in [0.05, 0.1) is 24.1 Å². The quantitative estimate of drug-likeness (QED) is 0.607. The van der Waals surface area contributed by atoms with E-state index in [1.54, 1.807) is 17.5 Å². The third-order valence-electron chi connectivity index (χ3n) is 5.99. The lowest BCUT2D eigenvalue weighted by Crippen LogP contribution is -2.40. The van der Waals surface area contributed by atoms with E-state index >= 15 is 0 Å². The van der Waals surface area contributed by atoms with Crippen LogP contribution in [0.1, 0.15) is 47.6 Å². The predicted molar refractivity (Wildman–Crippen MR) is 116 cm³/mol. The third kappa shape index (κ3) is 4.12. The van der Waals surface area contributed by atoms with Gasteiger partial charge in [0.15, 0.2) is 10.7 Å². The van der Waals surface area contributed by atoms with Gasteiger partial charge in [-0.05, 0) is 44.4 Å². The first-order valence-electron chi connectivity index (χ1n) is 10.8. The smallest absolute Gasteiger partial charge is 0.274 e. The summed E-state index contributed by atoms with van der Waals surface area (Å²) in [6.45, 7) is 4.82. The van der Waals surface area contributed by atoms with Crippen molar-refractivity contribution in [3.8, 4) is 0 Å². The summed E-state index contributed by atoms with van der Waals surface area (Å²) in [5.74, 6) is 0.0818. The fraction of sp³-hybridized carbons (Fsp3) is 0.500. The monoisotopic (exact) mass is 425 g/mol. The summed E-state index contributed by atoms with van der Waals surface area (Å²) in [4.78, 5) is 27.4. The molecule has 0 spiro atoms. The average Bonchev–Trinajstić information content (AvgIpc) is 3.52. The van der Waals surface area contributed by atoms with Crippen molar-refractivity contribution in [1.82, 2.24) is 24.2 Å². The summed E-state index contributed by atoms with van der Waals surface area (Å²) >= 11 is 1.58. The molecule has 2 aliphatic rings. The maximum Gasteiger partial charge on any atom is 0.274 e.